The van der Waals surface area contributed by atoms with Gasteiger partial charge < -0.3 is 0 Å². The molecule has 25 heavy (non-hydrogen) atoms. The Morgan fingerprint density at radius 1 is 0.400 bits per heavy atom. The number of hydrogen-bond donors (Lipinski definition) is 0. The molecule has 0 nitrogen and oxygen atoms in total. The van der Waals surface area contributed by atoms with Crippen molar-refractivity contribution in [2.75, 3.05) is 0 Å². The molecule has 0 heteroatoms. The Bertz CT molecular complexity index is 248. The van der Waals surface area contributed by atoms with Gasteiger partial charge in [-0.2, -0.15) is 0 Å². The van der Waals surface area contributed by atoms with Gasteiger partial charge in [-0.05, 0) is 74.0 Å². The van der Waals surface area contributed by atoms with Crippen LogP contribution in [-0.4, -0.2) is 0 Å². The molecule has 152 valence electrons. The molecule has 0 saturated heterocycles. The summed E-state index contributed by atoms with van der Waals surface area (Å²) in [4.78, 5) is 0. The first-order valence-corrected chi connectivity index (χ1v) is 12.4. The SMILES string of the molecule is C1CC2C3CCC(C3)C2C1.C1CC2CCC1C2.CC.CC.CC.CC. The number of fused-ring (bicyclic) bond motifs is 7. The predicted molar refractivity (Wildman–Crippen MR) is 117 cm³/mol. The first kappa shape index (κ1) is 25.0. The molecule has 4 unspecified atom stereocenters. The predicted octanol–water partition coefficient (Wildman–Crippen LogP) is 9.13. The van der Waals surface area contributed by atoms with Crippen LogP contribution in [0.1, 0.15) is 126 Å². The van der Waals surface area contributed by atoms with Gasteiger partial charge in [0.05, 0.1) is 0 Å². The summed E-state index contributed by atoms with van der Waals surface area (Å²) in [7, 11) is 0. The van der Waals surface area contributed by atoms with E-state index in [-0.39, 0.29) is 0 Å². The first-order chi connectivity index (χ1) is 12.4. The van der Waals surface area contributed by atoms with Gasteiger partial charge in [0, 0.05) is 0 Å². The molecule has 0 aromatic heterocycles. The highest BCUT2D eigenvalue weighted by Gasteiger charge is 2.48. The van der Waals surface area contributed by atoms with Gasteiger partial charge in [0.25, 0.3) is 0 Å². The molecule has 0 aromatic carbocycles. The van der Waals surface area contributed by atoms with Crippen LogP contribution in [0, 0.1) is 35.5 Å². The molecule has 5 aliphatic carbocycles. The van der Waals surface area contributed by atoms with Gasteiger partial charge in [0.15, 0.2) is 0 Å². The lowest BCUT2D eigenvalue weighted by Gasteiger charge is -2.23. The van der Waals surface area contributed by atoms with E-state index in [0.717, 1.165) is 0 Å². The van der Waals surface area contributed by atoms with Crippen LogP contribution in [0.15, 0.2) is 0 Å². The van der Waals surface area contributed by atoms with E-state index in [2.05, 4.69) is 0 Å². The van der Waals surface area contributed by atoms with E-state index in [1.54, 1.807) is 70.6 Å². The van der Waals surface area contributed by atoms with E-state index in [4.69, 9.17) is 0 Å². The van der Waals surface area contributed by atoms with Crippen LogP contribution in [0.25, 0.3) is 0 Å². The fourth-order valence-corrected chi connectivity index (χ4v) is 6.19. The summed E-state index contributed by atoms with van der Waals surface area (Å²) in [5.41, 5.74) is 0. The Kier molecular flexibility index (Phi) is 15.1. The summed E-state index contributed by atoms with van der Waals surface area (Å²) < 4.78 is 0. The van der Waals surface area contributed by atoms with E-state index < -0.39 is 0 Å². The molecule has 5 aliphatic rings. The average Bonchev–Trinajstić information content (AvgIpc) is 3.54. The van der Waals surface area contributed by atoms with Crippen LogP contribution in [-0.2, 0) is 0 Å². The van der Waals surface area contributed by atoms with Gasteiger partial charge in [0.2, 0.25) is 0 Å². The zero-order chi connectivity index (χ0) is 19.2. The second kappa shape index (κ2) is 15.1. The summed E-state index contributed by atoms with van der Waals surface area (Å²) in [6.45, 7) is 16.0. The van der Waals surface area contributed by atoms with E-state index in [0.29, 0.717) is 0 Å². The Hall–Kier alpha value is 0. The monoisotopic (exact) mass is 352 g/mol. The van der Waals surface area contributed by atoms with Gasteiger partial charge in [0.1, 0.15) is 0 Å². The third-order valence-electron chi connectivity index (χ3n) is 6.98. The fourth-order valence-electron chi connectivity index (χ4n) is 6.19. The van der Waals surface area contributed by atoms with Crippen LogP contribution >= 0.6 is 0 Å². The molecule has 5 rings (SSSR count). The van der Waals surface area contributed by atoms with Crippen molar-refractivity contribution < 1.29 is 0 Å². The average molecular weight is 353 g/mol. The van der Waals surface area contributed by atoms with Gasteiger partial charge in [-0.3, -0.25) is 0 Å². The third kappa shape index (κ3) is 6.91. The molecule has 5 fully saturated rings. The van der Waals surface area contributed by atoms with Gasteiger partial charge in [-0.1, -0.05) is 87.5 Å². The van der Waals surface area contributed by atoms with Gasteiger partial charge >= 0.3 is 0 Å². The largest absolute Gasteiger partial charge is 0.0683 e. The Balaban J connectivity index is 0.000000340. The Labute approximate surface area is 161 Å². The second-order valence-electron chi connectivity index (χ2n) is 7.71. The Morgan fingerprint density at radius 2 is 0.760 bits per heavy atom. The second-order valence-corrected chi connectivity index (χ2v) is 7.71. The van der Waals surface area contributed by atoms with E-state index >= 15 is 0 Å². The van der Waals surface area contributed by atoms with Gasteiger partial charge in [-0.25, -0.2) is 0 Å². The lowest BCUT2D eigenvalue weighted by Crippen LogP contribution is -2.15. The number of rotatable bonds is 0. The zero-order valence-corrected chi connectivity index (χ0v) is 19.2. The molecule has 0 aromatic rings. The van der Waals surface area contributed by atoms with Crippen molar-refractivity contribution in [3.63, 3.8) is 0 Å². The minimum atomic E-state index is 1.17. The van der Waals surface area contributed by atoms with E-state index in [1.165, 1.54) is 35.5 Å². The van der Waals surface area contributed by atoms with Crippen LogP contribution in [0.3, 0.4) is 0 Å². The van der Waals surface area contributed by atoms with E-state index in [1.807, 2.05) is 55.4 Å². The molecule has 0 N–H and O–H groups in total. The summed E-state index contributed by atoms with van der Waals surface area (Å²) in [6.07, 6.45) is 17.4. The standard InChI is InChI=1S/C10H16.C7H12.4C2H6/c1-2-9-7-4-5-8(6-7)10(9)3-1;1-2-7-4-3-6(1)5-7;4*1-2/h7-10H,1-6H2;6-7H,1-5H2;4*1-2H3. The maximum atomic E-state index is 2.00. The molecule has 4 bridgehead atoms. The van der Waals surface area contributed by atoms with Crippen molar-refractivity contribution in [3.8, 4) is 0 Å². The zero-order valence-electron chi connectivity index (χ0n) is 19.2. The lowest BCUT2D eigenvalue weighted by molar-refractivity contribution is 0.259. The molecule has 0 aliphatic heterocycles. The Morgan fingerprint density at radius 3 is 1.04 bits per heavy atom. The smallest absolute Gasteiger partial charge is 0.0355 e. The van der Waals surface area contributed by atoms with Crippen molar-refractivity contribution in [1.29, 1.82) is 0 Å². The summed E-state index contributed by atoms with van der Waals surface area (Å²) in [6, 6.07) is 0. The lowest BCUT2D eigenvalue weighted by atomic mass is 9.82. The van der Waals surface area contributed by atoms with Crippen LogP contribution in [0.2, 0.25) is 0 Å². The maximum absolute atomic E-state index is 2.00. The third-order valence-corrected chi connectivity index (χ3v) is 6.98. The molecule has 5 saturated carbocycles. The topological polar surface area (TPSA) is 0 Å². The highest BCUT2D eigenvalue weighted by atomic mass is 14.5. The van der Waals surface area contributed by atoms with Crippen LogP contribution in [0.4, 0.5) is 0 Å². The summed E-state index contributed by atoms with van der Waals surface area (Å²) >= 11 is 0. The minimum absolute atomic E-state index is 1.17. The molecular weight excluding hydrogens is 300 g/mol. The maximum Gasteiger partial charge on any atom is -0.0355 e. The normalized spacial score (nSPS) is 37.4. The van der Waals surface area contributed by atoms with Crippen molar-refractivity contribution in [2.45, 2.75) is 126 Å². The van der Waals surface area contributed by atoms with Crippen molar-refractivity contribution in [1.82, 2.24) is 0 Å². The molecule has 0 spiro atoms. The molecular formula is C25H52. The van der Waals surface area contributed by atoms with Crippen LogP contribution < -0.4 is 0 Å². The molecule has 0 heterocycles. The fraction of sp³-hybridized carbons (Fsp3) is 1.00. The first-order valence-electron chi connectivity index (χ1n) is 12.4. The molecule has 4 atom stereocenters. The molecule has 0 amide bonds. The highest BCUT2D eigenvalue weighted by molar-refractivity contribution is 4.98. The molecule has 0 radical (unpaired) electrons. The quantitative estimate of drug-likeness (QED) is 0.407. The van der Waals surface area contributed by atoms with E-state index in [9.17, 15) is 0 Å². The van der Waals surface area contributed by atoms with Crippen molar-refractivity contribution in [2.24, 2.45) is 35.5 Å². The van der Waals surface area contributed by atoms with Gasteiger partial charge in [-0.15, -0.1) is 0 Å². The number of hydrogen-bond acceptors (Lipinski definition) is 0. The van der Waals surface area contributed by atoms with Crippen molar-refractivity contribution >= 4 is 0 Å². The van der Waals surface area contributed by atoms with Crippen LogP contribution in [0.5, 0.6) is 0 Å². The van der Waals surface area contributed by atoms with Crippen molar-refractivity contribution in [3.05, 3.63) is 0 Å². The summed E-state index contributed by atoms with van der Waals surface area (Å²) in [5.74, 6) is 7.14. The minimum Gasteiger partial charge on any atom is -0.0683 e. The summed E-state index contributed by atoms with van der Waals surface area (Å²) in [5, 5.41) is 0. The highest BCUT2D eigenvalue weighted by Crippen LogP contribution is 2.58.